The summed E-state index contributed by atoms with van der Waals surface area (Å²) in [5.74, 6) is -2.53. The third-order valence-corrected chi connectivity index (χ3v) is 6.10. The molecule has 1 unspecified atom stereocenters. The van der Waals surface area contributed by atoms with E-state index in [1.165, 1.54) is 6.07 Å². The fourth-order valence-corrected chi connectivity index (χ4v) is 4.40. The summed E-state index contributed by atoms with van der Waals surface area (Å²) in [4.78, 5) is 0. The second kappa shape index (κ2) is 8.63. The second-order valence-corrected chi connectivity index (χ2v) is 8.09. The SMILES string of the molecule is CCCCc1ccc(C2CCc3c(ccc(-c4ccc(F)c(F)c4)c3F)C2)c(F)c1. The Bertz CT molecular complexity index is 1070. The number of benzene rings is 3. The molecule has 3 aromatic carbocycles. The Morgan fingerprint density at radius 2 is 1.70 bits per heavy atom. The summed E-state index contributed by atoms with van der Waals surface area (Å²) in [6, 6.07) is 12.3. The Balaban J connectivity index is 1.59. The smallest absolute Gasteiger partial charge is 0.159 e. The molecular weight excluding hydrogens is 388 g/mol. The average Bonchev–Trinajstić information content (AvgIpc) is 2.74. The van der Waals surface area contributed by atoms with Crippen molar-refractivity contribution in [1.82, 2.24) is 0 Å². The molecule has 0 aromatic heterocycles. The van der Waals surface area contributed by atoms with E-state index in [-0.39, 0.29) is 17.3 Å². The number of hydrogen-bond acceptors (Lipinski definition) is 0. The number of fused-ring (bicyclic) bond motifs is 1. The number of halogens is 4. The Morgan fingerprint density at radius 3 is 2.43 bits per heavy atom. The van der Waals surface area contributed by atoms with Crippen molar-refractivity contribution < 1.29 is 17.6 Å². The summed E-state index contributed by atoms with van der Waals surface area (Å²) in [6.07, 6.45) is 4.68. The van der Waals surface area contributed by atoms with E-state index in [9.17, 15) is 13.2 Å². The zero-order valence-electron chi connectivity index (χ0n) is 17.0. The standard InChI is InChI=1S/C26H24F4/c1-2-3-4-16-5-9-20(24(28)13-16)17-6-10-21-18(14-17)7-11-22(26(21)30)19-8-12-23(27)25(29)15-19/h5,7-9,11-13,15,17H,2-4,6,10,14H2,1H3. The lowest BCUT2D eigenvalue weighted by molar-refractivity contribution is 0.508. The number of unbranched alkanes of at least 4 members (excludes halogenated alkanes) is 1. The van der Waals surface area contributed by atoms with Gasteiger partial charge in [-0.05, 0) is 84.0 Å². The molecule has 0 aliphatic heterocycles. The first kappa shape index (κ1) is 20.6. The van der Waals surface area contributed by atoms with Gasteiger partial charge in [0.2, 0.25) is 0 Å². The van der Waals surface area contributed by atoms with Crippen LogP contribution >= 0.6 is 0 Å². The minimum absolute atomic E-state index is 0.00578. The topological polar surface area (TPSA) is 0 Å². The van der Waals surface area contributed by atoms with Gasteiger partial charge in [0.25, 0.3) is 0 Å². The van der Waals surface area contributed by atoms with E-state index in [2.05, 4.69) is 6.92 Å². The molecule has 0 N–H and O–H groups in total. The molecule has 0 fully saturated rings. The first-order valence-corrected chi connectivity index (χ1v) is 10.5. The van der Waals surface area contributed by atoms with E-state index < -0.39 is 17.5 Å². The van der Waals surface area contributed by atoms with E-state index >= 15 is 4.39 Å². The summed E-state index contributed by atoms with van der Waals surface area (Å²) < 4.78 is 56.7. The molecule has 0 bridgehead atoms. The van der Waals surface area contributed by atoms with Crippen molar-refractivity contribution in [2.45, 2.75) is 51.4 Å². The summed E-state index contributed by atoms with van der Waals surface area (Å²) >= 11 is 0. The molecule has 1 aliphatic carbocycles. The Hall–Kier alpha value is -2.62. The number of hydrogen-bond donors (Lipinski definition) is 0. The van der Waals surface area contributed by atoms with E-state index in [1.807, 2.05) is 18.2 Å². The van der Waals surface area contributed by atoms with Crippen molar-refractivity contribution >= 4 is 0 Å². The monoisotopic (exact) mass is 412 g/mol. The van der Waals surface area contributed by atoms with E-state index in [4.69, 9.17) is 0 Å². The molecule has 0 radical (unpaired) electrons. The molecule has 1 aliphatic rings. The van der Waals surface area contributed by atoms with Crippen LogP contribution in [0.5, 0.6) is 0 Å². The minimum atomic E-state index is -0.998. The van der Waals surface area contributed by atoms with Gasteiger partial charge in [-0.1, -0.05) is 43.7 Å². The summed E-state index contributed by atoms with van der Waals surface area (Å²) in [5.41, 5.74) is 3.71. The largest absolute Gasteiger partial charge is 0.207 e. The maximum Gasteiger partial charge on any atom is 0.159 e. The van der Waals surface area contributed by atoms with Gasteiger partial charge in [0, 0.05) is 5.56 Å². The highest BCUT2D eigenvalue weighted by atomic mass is 19.2. The van der Waals surface area contributed by atoms with Crippen LogP contribution < -0.4 is 0 Å². The van der Waals surface area contributed by atoms with Crippen LogP contribution in [0.2, 0.25) is 0 Å². The summed E-state index contributed by atoms with van der Waals surface area (Å²) in [6.45, 7) is 2.11. The van der Waals surface area contributed by atoms with Gasteiger partial charge in [0.15, 0.2) is 11.6 Å². The lowest BCUT2D eigenvalue weighted by atomic mass is 9.78. The van der Waals surface area contributed by atoms with Gasteiger partial charge in [-0.25, -0.2) is 17.6 Å². The molecule has 0 nitrogen and oxygen atoms in total. The highest BCUT2D eigenvalue weighted by molar-refractivity contribution is 5.66. The Morgan fingerprint density at radius 1 is 0.867 bits per heavy atom. The third-order valence-electron chi connectivity index (χ3n) is 6.10. The van der Waals surface area contributed by atoms with Gasteiger partial charge in [0.05, 0.1) is 0 Å². The van der Waals surface area contributed by atoms with Crippen LogP contribution in [-0.4, -0.2) is 0 Å². The molecule has 3 aromatic rings. The van der Waals surface area contributed by atoms with Crippen LogP contribution in [0.15, 0.2) is 48.5 Å². The lowest BCUT2D eigenvalue weighted by Crippen LogP contribution is -2.16. The molecule has 156 valence electrons. The zero-order chi connectivity index (χ0) is 21.3. The first-order chi connectivity index (χ1) is 14.5. The normalized spacial score (nSPS) is 15.8. The molecule has 0 amide bonds. The van der Waals surface area contributed by atoms with Crippen LogP contribution in [0.1, 0.15) is 54.4 Å². The van der Waals surface area contributed by atoms with Gasteiger partial charge in [0.1, 0.15) is 11.6 Å². The molecule has 0 saturated carbocycles. The molecular formula is C26H24F4. The Kier molecular flexibility index (Phi) is 5.94. The van der Waals surface area contributed by atoms with Crippen LogP contribution in [0.4, 0.5) is 17.6 Å². The van der Waals surface area contributed by atoms with Crippen LogP contribution in [0, 0.1) is 23.3 Å². The molecule has 0 spiro atoms. The van der Waals surface area contributed by atoms with Gasteiger partial charge >= 0.3 is 0 Å². The second-order valence-electron chi connectivity index (χ2n) is 8.09. The van der Waals surface area contributed by atoms with Crippen LogP contribution in [0.3, 0.4) is 0 Å². The zero-order valence-corrected chi connectivity index (χ0v) is 17.0. The van der Waals surface area contributed by atoms with E-state index in [0.29, 0.717) is 36.0 Å². The molecule has 4 rings (SSSR count). The first-order valence-electron chi connectivity index (χ1n) is 10.5. The van der Waals surface area contributed by atoms with Crippen LogP contribution in [-0.2, 0) is 19.3 Å². The fraction of sp³-hybridized carbons (Fsp3) is 0.308. The van der Waals surface area contributed by atoms with Gasteiger partial charge in [-0.15, -0.1) is 0 Å². The quantitative estimate of drug-likeness (QED) is 0.380. The maximum absolute atomic E-state index is 15.2. The minimum Gasteiger partial charge on any atom is -0.207 e. The van der Waals surface area contributed by atoms with Gasteiger partial charge in [-0.3, -0.25) is 0 Å². The van der Waals surface area contributed by atoms with Gasteiger partial charge in [-0.2, -0.15) is 0 Å². The van der Waals surface area contributed by atoms with Crippen molar-refractivity contribution in [1.29, 1.82) is 0 Å². The predicted molar refractivity (Wildman–Crippen MR) is 112 cm³/mol. The highest BCUT2D eigenvalue weighted by Gasteiger charge is 2.26. The summed E-state index contributed by atoms with van der Waals surface area (Å²) in [5, 5.41) is 0. The predicted octanol–water partition coefficient (Wildman–Crippen LogP) is 7.53. The number of rotatable bonds is 5. The van der Waals surface area contributed by atoms with Gasteiger partial charge < -0.3 is 0 Å². The van der Waals surface area contributed by atoms with Crippen molar-refractivity contribution in [3.8, 4) is 11.1 Å². The van der Waals surface area contributed by atoms with Crippen molar-refractivity contribution in [2.24, 2.45) is 0 Å². The average molecular weight is 412 g/mol. The van der Waals surface area contributed by atoms with E-state index in [0.717, 1.165) is 42.5 Å². The van der Waals surface area contributed by atoms with Crippen LogP contribution in [0.25, 0.3) is 11.1 Å². The molecule has 0 heterocycles. The van der Waals surface area contributed by atoms with E-state index in [1.54, 1.807) is 12.1 Å². The molecule has 30 heavy (non-hydrogen) atoms. The molecule has 0 saturated heterocycles. The maximum atomic E-state index is 15.2. The number of aryl methyl sites for hydroxylation is 1. The third kappa shape index (κ3) is 4.00. The van der Waals surface area contributed by atoms with Crippen molar-refractivity contribution in [2.75, 3.05) is 0 Å². The summed E-state index contributed by atoms with van der Waals surface area (Å²) in [7, 11) is 0. The molecule has 4 heteroatoms. The molecule has 1 atom stereocenters. The van der Waals surface area contributed by atoms with Crippen molar-refractivity contribution in [3.05, 3.63) is 94.1 Å². The lowest BCUT2D eigenvalue weighted by Gasteiger charge is -2.26. The Labute approximate surface area is 174 Å². The fourth-order valence-electron chi connectivity index (χ4n) is 4.40. The highest BCUT2D eigenvalue weighted by Crippen LogP contribution is 2.38. The van der Waals surface area contributed by atoms with Crippen molar-refractivity contribution in [3.63, 3.8) is 0 Å².